The summed E-state index contributed by atoms with van der Waals surface area (Å²) in [6.07, 6.45) is 0.808. The molecule has 4 amide bonds. The molecule has 1 fully saturated rings. The van der Waals surface area contributed by atoms with Crippen LogP contribution in [0.3, 0.4) is 0 Å². The van der Waals surface area contributed by atoms with Crippen LogP contribution >= 0.6 is 0 Å². The topological polar surface area (TPSA) is 87.7 Å². The van der Waals surface area contributed by atoms with Crippen LogP contribution in [0.5, 0.6) is 5.75 Å². The molecular weight excluding hydrogens is 418 g/mol. The van der Waals surface area contributed by atoms with Crippen LogP contribution in [-0.4, -0.2) is 36.4 Å². The Morgan fingerprint density at radius 3 is 2.52 bits per heavy atom. The number of rotatable bonds is 5. The van der Waals surface area contributed by atoms with Gasteiger partial charge >= 0.3 is 6.03 Å². The van der Waals surface area contributed by atoms with Crippen LogP contribution in [0.2, 0.25) is 0 Å². The first kappa shape index (κ1) is 20.8. The summed E-state index contributed by atoms with van der Waals surface area (Å²) in [5, 5.41) is 5.53. The van der Waals surface area contributed by atoms with Crippen LogP contribution in [0.25, 0.3) is 11.1 Å². The van der Waals surface area contributed by atoms with Gasteiger partial charge < -0.3 is 15.4 Å². The van der Waals surface area contributed by atoms with Gasteiger partial charge in [-0.2, -0.15) is 0 Å². The minimum absolute atomic E-state index is 0.367. The van der Waals surface area contributed by atoms with Gasteiger partial charge in [0.05, 0.1) is 7.11 Å². The average Bonchev–Trinajstić information content (AvgIpc) is 3.29. The summed E-state index contributed by atoms with van der Waals surface area (Å²) in [6, 6.07) is 20.3. The summed E-state index contributed by atoms with van der Waals surface area (Å²) in [7, 11) is 1.55. The number of amides is 4. The van der Waals surface area contributed by atoms with Gasteiger partial charge in [0.25, 0.3) is 5.91 Å². The van der Waals surface area contributed by atoms with Crippen LogP contribution in [0.1, 0.15) is 23.6 Å². The normalized spacial score (nSPS) is 18.5. The third kappa shape index (κ3) is 3.51. The van der Waals surface area contributed by atoms with Crippen LogP contribution in [-0.2, 0) is 21.5 Å². The second kappa shape index (κ2) is 7.78. The van der Waals surface area contributed by atoms with Crippen molar-refractivity contribution in [3.63, 3.8) is 0 Å². The quantitative estimate of drug-likeness (QED) is 0.463. The van der Waals surface area contributed by atoms with Gasteiger partial charge in [-0.15, -0.1) is 0 Å². The largest absolute Gasteiger partial charge is 0.497 e. The van der Waals surface area contributed by atoms with Gasteiger partial charge in [0.1, 0.15) is 17.8 Å². The minimum Gasteiger partial charge on any atom is -0.497 e. The van der Waals surface area contributed by atoms with E-state index in [1.807, 2.05) is 30.3 Å². The number of nitrogens with zero attached hydrogens (tertiary/aromatic N) is 1. The lowest BCUT2D eigenvalue weighted by atomic mass is 9.92. The van der Waals surface area contributed by atoms with Gasteiger partial charge in [0.15, 0.2) is 0 Å². The van der Waals surface area contributed by atoms with E-state index in [9.17, 15) is 14.4 Å². The summed E-state index contributed by atoms with van der Waals surface area (Å²) in [4.78, 5) is 39.3. The van der Waals surface area contributed by atoms with Gasteiger partial charge in [-0.3, -0.25) is 14.5 Å². The second-order valence-electron chi connectivity index (χ2n) is 8.43. The van der Waals surface area contributed by atoms with E-state index in [4.69, 9.17) is 4.74 Å². The van der Waals surface area contributed by atoms with Crippen molar-refractivity contribution in [2.45, 2.75) is 18.9 Å². The van der Waals surface area contributed by atoms with Crippen molar-refractivity contribution in [2.75, 3.05) is 19.0 Å². The third-order valence-corrected chi connectivity index (χ3v) is 6.32. The van der Waals surface area contributed by atoms with Crippen LogP contribution in [0.4, 0.5) is 10.5 Å². The fourth-order valence-electron chi connectivity index (χ4n) is 4.53. The second-order valence-corrected chi connectivity index (χ2v) is 8.43. The number of benzene rings is 3. The molecule has 1 aliphatic heterocycles. The van der Waals surface area contributed by atoms with Crippen molar-refractivity contribution in [1.82, 2.24) is 10.2 Å². The maximum atomic E-state index is 13.1. The number of carbonyl (C=O) groups is 3. The summed E-state index contributed by atoms with van der Waals surface area (Å²) in [5.41, 5.74) is 4.77. The molecule has 3 aromatic rings. The Kier molecular flexibility index (Phi) is 4.89. The first-order chi connectivity index (χ1) is 15.9. The first-order valence-corrected chi connectivity index (χ1v) is 10.7. The third-order valence-electron chi connectivity index (χ3n) is 6.32. The number of ether oxygens (including phenoxy) is 1. The van der Waals surface area contributed by atoms with E-state index in [2.05, 4.69) is 22.8 Å². The number of urea groups is 1. The Hall–Kier alpha value is -4.13. The lowest BCUT2D eigenvalue weighted by Gasteiger charge is -2.22. The SMILES string of the molecule is COc1ccc([C@@]2(C)NC(=O)N(CC(=O)Nc3ccc4c(c3)Cc3ccccc3-4)C2=O)cc1. The molecule has 1 saturated heterocycles. The predicted molar refractivity (Wildman–Crippen MR) is 124 cm³/mol. The fraction of sp³-hybridized carbons (Fsp3) is 0.192. The highest BCUT2D eigenvalue weighted by Gasteiger charge is 2.49. The molecule has 0 bridgehead atoms. The molecular formula is C26H23N3O4. The van der Waals surface area contributed by atoms with Crippen molar-refractivity contribution in [3.8, 4) is 16.9 Å². The first-order valence-electron chi connectivity index (χ1n) is 10.7. The predicted octanol–water partition coefficient (Wildman–Crippen LogP) is 3.67. The number of imide groups is 1. The van der Waals surface area contributed by atoms with Crippen molar-refractivity contribution >= 4 is 23.5 Å². The van der Waals surface area contributed by atoms with E-state index in [1.54, 1.807) is 38.3 Å². The van der Waals surface area contributed by atoms with Crippen LogP contribution in [0.15, 0.2) is 66.7 Å². The Morgan fingerprint density at radius 2 is 1.76 bits per heavy atom. The maximum Gasteiger partial charge on any atom is 0.325 e. The highest BCUT2D eigenvalue weighted by atomic mass is 16.5. The molecule has 0 saturated carbocycles. The number of methoxy groups -OCH3 is 1. The smallest absolute Gasteiger partial charge is 0.325 e. The summed E-state index contributed by atoms with van der Waals surface area (Å²) in [5.74, 6) is -0.266. The van der Waals surface area contributed by atoms with Gasteiger partial charge in [-0.25, -0.2) is 4.79 Å². The number of hydrogen-bond acceptors (Lipinski definition) is 4. The number of nitrogens with one attached hydrogen (secondary N) is 2. The van der Waals surface area contributed by atoms with Crippen molar-refractivity contribution < 1.29 is 19.1 Å². The number of fused-ring (bicyclic) bond motifs is 3. The molecule has 5 rings (SSSR count). The van der Waals surface area contributed by atoms with E-state index >= 15 is 0 Å². The average molecular weight is 441 g/mol. The zero-order chi connectivity index (χ0) is 23.2. The molecule has 2 N–H and O–H groups in total. The molecule has 0 unspecified atom stereocenters. The van der Waals surface area contributed by atoms with Gasteiger partial charge in [-0.05, 0) is 65.4 Å². The monoisotopic (exact) mass is 441 g/mol. The Balaban J connectivity index is 1.29. The van der Waals surface area contributed by atoms with E-state index in [-0.39, 0.29) is 6.54 Å². The molecule has 1 atom stereocenters. The molecule has 166 valence electrons. The lowest BCUT2D eigenvalue weighted by Crippen LogP contribution is -2.42. The molecule has 7 nitrogen and oxygen atoms in total. The van der Waals surface area contributed by atoms with Gasteiger partial charge in [0, 0.05) is 5.69 Å². The summed E-state index contributed by atoms with van der Waals surface area (Å²) >= 11 is 0. The molecule has 7 heteroatoms. The van der Waals surface area contributed by atoms with Crippen molar-refractivity contribution in [3.05, 3.63) is 83.4 Å². The van der Waals surface area contributed by atoms with E-state index < -0.39 is 23.4 Å². The minimum atomic E-state index is -1.25. The number of hydrogen-bond donors (Lipinski definition) is 2. The molecule has 0 radical (unpaired) electrons. The molecule has 1 aliphatic carbocycles. The molecule has 0 spiro atoms. The van der Waals surface area contributed by atoms with Crippen LogP contribution in [0, 0.1) is 0 Å². The summed E-state index contributed by atoms with van der Waals surface area (Å²) < 4.78 is 5.15. The number of anilines is 1. The molecule has 33 heavy (non-hydrogen) atoms. The Morgan fingerprint density at radius 1 is 1.03 bits per heavy atom. The van der Waals surface area contributed by atoms with Crippen LogP contribution < -0.4 is 15.4 Å². The van der Waals surface area contributed by atoms with E-state index in [0.717, 1.165) is 22.4 Å². The Bertz CT molecular complexity index is 1280. The molecule has 1 heterocycles. The highest BCUT2D eigenvalue weighted by Crippen LogP contribution is 2.37. The zero-order valence-corrected chi connectivity index (χ0v) is 18.3. The maximum absolute atomic E-state index is 13.1. The lowest BCUT2D eigenvalue weighted by molar-refractivity contribution is -0.133. The van der Waals surface area contributed by atoms with E-state index in [0.29, 0.717) is 17.0 Å². The van der Waals surface area contributed by atoms with E-state index in [1.165, 1.54) is 11.1 Å². The standard InChI is InChI=1S/C26H23N3O4/c1-26(18-7-10-20(33-2)11-8-18)24(31)29(25(32)28-26)15-23(30)27-19-9-12-22-17(14-19)13-16-5-3-4-6-21(16)22/h3-12,14H,13,15H2,1-2H3,(H,27,30)(H,28,32)/t26-/m1/s1. The zero-order valence-electron chi connectivity index (χ0n) is 18.3. The molecule has 2 aliphatic rings. The van der Waals surface area contributed by atoms with Gasteiger partial charge in [-0.1, -0.05) is 42.5 Å². The molecule has 0 aromatic heterocycles. The van der Waals surface area contributed by atoms with Crippen molar-refractivity contribution in [1.29, 1.82) is 0 Å². The van der Waals surface area contributed by atoms with Gasteiger partial charge in [0.2, 0.25) is 5.91 Å². The molecule has 3 aromatic carbocycles. The fourth-order valence-corrected chi connectivity index (χ4v) is 4.53. The number of carbonyl (C=O) groups excluding carboxylic acids is 3. The van der Waals surface area contributed by atoms with Crippen molar-refractivity contribution in [2.24, 2.45) is 0 Å². The highest BCUT2D eigenvalue weighted by molar-refractivity contribution is 6.10. The summed E-state index contributed by atoms with van der Waals surface area (Å²) in [6.45, 7) is 1.26. The Labute approximate surface area is 191 Å².